The Morgan fingerprint density at radius 1 is 1.17 bits per heavy atom. The van der Waals surface area contributed by atoms with Gasteiger partial charge in [0.1, 0.15) is 0 Å². The van der Waals surface area contributed by atoms with E-state index in [2.05, 4.69) is 15.3 Å². The highest BCUT2D eigenvalue weighted by Crippen LogP contribution is 2.22. The van der Waals surface area contributed by atoms with Gasteiger partial charge in [0.05, 0.1) is 5.56 Å². The molecule has 0 unspecified atom stereocenters. The van der Waals surface area contributed by atoms with Gasteiger partial charge in [-0.15, -0.1) is 0 Å². The number of aromatic nitrogens is 2. The minimum atomic E-state index is 0.00943. The molecule has 3 rings (SSSR count). The van der Waals surface area contributed by atoms with E-state index < -0.39 is 0 Å². The first kappa shape index (κ1) is 15.7. The standard InChI is InChI=1S/C17H19ClN4O/c1-12-5-6-14(18)9-15(12)21-17-19-10-13(11-20-17)16(23)22-7-3-2-4-8-22/h5-6,9-11H,2-4,7-8H2,1H3,(H,19,20,21). The normalized spacial score (nSPS) is 14.6. The van der Waals surface area contributed by atoms with E-state index >= 15 is 0 Å². The fourth-order valence-corrected chi connectivity index (χ4v) is 2.80. The summed E-state index contributed by atoms with van der Waals surface area (Å²) in [5, 5.41) is 3.78. The predicted molar refractivity (Wildman–Crippen MR) is 91.3 cm³/mol. The van der Waals surface area contributed by atoms with Crippen LogP contribution < -0.4 is 5.32 Å². The SMILES string of the molecule is Cc1ccc(Cl)cc1Nc1ncc(C(=O)N2CCCCC2)cn1. The Kier molecular flexibility index (Phi) is 4.76. The highest BCUT2D eigenvalue weighted by atomic mass is 35.5. The molecule has 1 aromatic heterocycles. The number of nitrogens with one attached hydrogen (secondary N) is 1. The summed E-state index contributed by atoms with van der Waals surface area (Å²) in [6.45, 7) is 3.62. The molecular weight excluding hydrogens is 312 g/mol. The van der Waals surface area contributed by atoms with Gasteiger partial charge in [0.15, 0.2) is 0 Å². The summed E-state index contributed by atoms with van der Waals surface area (Å²) < 4.78 is 0. The number of hydrogen-bond donors (Lipinski definition) is 1. The molecule has 0 atom stereocenters. The number of rotatable bonds is 3. The van der Waals surface area contributed by atoms with Crippen molar-refractivity contribution >= 4 is 29.1 Å². The quantitative estimate of drug-likeness (QED) is 0.929. The van der Waals surface area contributed by atoms with Crippen LogP contribution in [0, 0.1) is 6.92 Å². The molecule has 120 valence electrons. The second-order valence-electron chi connectivity index (χ2n) is 5.73. The number of piperidine rings is 1. The lowest BCUT2D eigenvalue weighted by Crippen LogP contribution is -2.35. The molecule has 5 nitrogen and oxygen atoms in total. The van der Waals surface area contributed by atoms with Crippen LogP contribution in [-0.4, -0.2) is 33.9 Å². The topological polar surface area (TPSA) is 58.1 Å². The van der Waals surface area contributed by atoms with E-state index in [9.17, 15) is 4.79 Å². The van der Waals surface area contributed by atoms with E-state index in [4.69, 9.17) is 11.6 Å². The zero-order valence-electron chi connectivity index (χ0n) is 13.1. The molecule has 1 saturated heterocycles. The van der Waals surface area contributed by atoms with Gasteiger partial charge in [-0.05, 0) is 43.9 Å². The highest BCUT2D eigenvalue weighted by Gasteiger charge is 2.18. The number of halogens is 1. The monoisotopic (exact) mass is 330 g/mol. The third kappa shape index (κ3) is 3.79. The summed E-state index contributed by atoms with van der Waals surface area (Å²) in [6.07, 6.45) is 6.49. The number of carbonyl (C=O) groups excluding carboxylic acids is 1. The van der Waals surface area contributed by atoms with Crippen molar-refractivity contribution in [1.82, 2.24) is 14.9 Å². The lowest BCUT2D eigenvalue weighted by molar-refractivity contribution is 0.0723. The van der Waals surface area contributed by atoms with E-state index in [0.29, 0.717) is 16.5 Å². The molecule has 6 heteroatoms. The molecule has 0 saturated carbocycles. The third-order valence-electron chi connectivity index (χ3n) is 3.99. The van der Waals surface area contributed by atoms with Crippen LogP contribution in [-0.2, 0) is 0 Å². The second-order valence-corrected chi connectivity index (χ2v) is 6.17. The smallest absolute Gasteiger partial charge is 0.256 e. The van der Waals surface area contributed by atoms with Gasteiger partial charge in [-0.3, -0.25) is 4.79 Å². The van der Waals surface area contributed by atoms with Crippen molar-refractivity contribution in [3.8, 4) is 0 Å². The first-order valence-corrected chi connectivity index (χ1v) is 8.16. The molecule has 2 aromatic rings. The molecule has 0 aliphatic carbocycles. The fourth-order valence-electron chi connectivity index (χ4n) is 2.63. The van der Waals surface area contributed by atoms with Gasteiger partial charge in [-0.1, -0.05) is 17.7 Å². The van der Waals surface area contributed by atoms with Crippen LogP contribution in [0.1, 0.15) is 35.2 Å². The summed E-state index contributed by atoms with van der Waals surface area (Å²) >= 11 is 6.00. The van der Waals surface area contributed by atoms with Crippen LogP contribution in [0.15, 0.2) is 30.6 Å². The van der Waals surface area contributed by atoms with Crippen molar-refractivity contribution in [2.75, 3.05) is 18.4 Å². The van der Waals surface area contributed by atoms with Gasteiger partial charge in [0.2, 0.25) is 5.95 Å². The third-order valence-corrected chi connectivity index (χ3v) is 4.22. The van der Waals surface area contributed by atoms with Gasteiger partial charge >= 0.3 is 0 Å². The van der Waals surface area contributed by atoms with Crippen molar-refractivity contribution in [1.29, 1.82) is 0 Å². The first-order valence-electron chi connectivity index (χ1n) is 7.78. The first-order chi connectivity index (χ1) is 11.1. The molecule has 1 aliphatic heterocycles. The maximum absolute atomic E-state index is 12.4. The lowest BCUT2D eigenvalue weighted by Gasteiger charge is -2.26. The van der Waals surface area contributed by atoms with E-state index in [1.807, 2.05) is 30.0 Å². The van der Waals surface area contributed by atoms with E-state index in [-0.39, 0.29) is 5.91 Å². The minimum absolute atomic E-state index is 0.00943. The molecule has 1 amide bonds. The van der Waals surface area contributed by atoms with Crippen LogP contribution in [0.2, 0.25) is 5.02 Å². The van der Waals surface area contributed by atoms with Crippen molar-refractivity contribution in [3.63, 3.8) is 0 Å². The summed E-state index contributed by atoms with van der Waals surface area (Å²) in [6, 6.07) is 5.59. The Morgan fingerprint density at radius 3 is 2.57 bits per heavy atom. The zero-order valence-corrected chi connectivity index (χ0v) is 13.8. The van der Waals surface area contributed by atoms with E-state index in [0.717, 1.165) is 37.2 Å². The number of amides is 1. The highest BCUT2D eigenvalue weighted by molar-refractivity contribution is 6.30. The van der Waals surface area contributed by atoms with Crippen LogP contribution >= 0.6 is 11.6 Å². The van der Waals surface area contributed by atoms with Crippen LogP contribution in [0.5, 0.6) is 0 Å². The minimum Gasteiger partial charge on any atom is -0.339 e. The van der Waals surface area contributed by atoms with Gasteiger partial charge in [0, 0.05) is 36.2 Å². The number of hydrogen-bond acceptors (Lipinski definition) is 4. The number of nitrogens with zero attached hydrogens (tertiary/aromatic N) is 3. The summed E-state index contributed by atoms with van der Waals surface area (Å²) in [5.74, 6) is 0.459. The van der Waals surface area contributed by atoms with Crippen LogP contribution in [0.3, 0.4) is 0 Å². The number of carbonyl (C=O) groups is 1. The number of benzene rings is 1. The Labute approximate surface area is 140 Å². The van der Waals surface area contributed by atoms with E-state index in [1.54, 1.807) is 12.4 Å². The molecule has 2 heterocycles. The van der Waals surface area contributed by atoms with Crippen molar-refractivity contribution in [2.24, 2.45) is 0 Å². The van der Waals surface area contributed by atoms with Gasteiger partial charge < -0.3 is 10.2 Å². The molecule has 1 N–H and O–H groups in total. The van der Waals surface area contributed by atoms with Crippen molar-refractivity contribution in [3.05, 3.63) is 46.7 Å². The number of anilines is 2. The molecule has 1 fully saturated rings. The molecule has 1 aliphatic rings. The number of aryl methyl sites for hydroxylation is 1. The van der Waals surface area contributed by atoms with Crippen LogP contribution in [0.25, 0.3) is 0 Å². The predicted octanol–water partition coefficient (Wildman–Crippen LogP) is 3.81. The summed E-state index contributed by atoms with van der Waals surface area (Å²) in [4.78, 5) is 22.7. The maximum atomic E-state index is 12.4. The lowest BCUT2D eigenvalue weighted by atomic mass is 10.1. The Morgan fingerprint density at radius 2 is 1.87 bits per heavy atom. The fraction of sp³-hybridized carbons (Fsp3) is 0.353. The maximum Gasteiger partial charge on any atom is 0.256 e. The average molecular weight is 331 g/mol. The molecule has 0 bridgehead atoms. The van der Waals surface area contributed by atoms with Crippen molar-refractivity contribution < 1.29 is 4.79 Å². The summed E-state index contributed by atoms with van der Waals surface area (Å²) in [7, 11) is 0. The molecule has 0 spiro atoms. The largest absolute Gasteiger partial charge is 0.339 e. The van der Waals surface area contributed by atoms with E-state index in [1.165, 1.54) is 6.42 Å². The van der Waals surface area contributed by atoms with Crippen molar-refractivity contribution in [2.45, 2.75) is 26.2 Å². The second kappa shape index (κ2) is 6.96. The molecular formula is C17H19ClN4O. The Hall–Kier alpha value is -2.14. The van der Waals surface area contributed by atoms with Gasteiger partial charge in [-0.2, -0.15) is 0 Å². The van der Waals surface area contributed by atoms with Gasteiger partial charge in [0.25, 0.3) is 5.91 Å². The van der Waals surface area contributed by atoms with Gasteiger partial charge in [-0.25, -0.2) is 9.97 Å². The Bertz CT molecular complexity index is 696. The number of likely N-dealkylation sites (tertiary alicyclic amines) is 1. The van der Waals surface area contributed by atoms with Crippen LogP contribution in [0.4, 0.5) is 11.6 Å². The Balaban J connectivity index is 1.71. The molecule has 0 radical (unpaired) electrons. The average Bonchev–Trinajstić information content (AvgIpc) is 2.59. The summed E-state index contributed by atoms with van der Waals surface area (Å²) in [5.41, 5.74) is 2.43. The molecule has 1 aromatic carbocycles. The molecule has 23 heavy (non-hydrogen) atoms. The zero-order chi connectivity index (χ0) is 16.2.